The van der Waals surface area contributed by atoms with E-state index < -0.39 is 10.0 Å². The van der Waals surface area contributed by atoms with Crippen molar-refractivity contribution in [1.29, 1.82) is 0 Å². The Morgan fingerprint density at radius 1 is 1.09 bits per heavy atom. The fraction of sp³-hybridized carbons (Fsp3) is 0.333. The molecular weight excluding hydrogens is 294 g/mol. The van der Waals surface area contributed by atoms with Gasteiger partial charge in [0.05, 0.1) is 5.75 Å². The van der Waals surface area contributed by atoms with E-state index in [1.54, 1.807) is 4.31 Å². The zero-order chi connectivity index (χ0) is 15.7. The van der Waals surface area contributed by atoms with Gasteiger partial charge in [-0.2, -0.15) is 4.31 Å². The van der Waals surface area contributed by atoms with E-state index in [0.717, 1.165) is 23.1 Å². The van der Waals surface area contributed by atoms with Gasteiger partial charge in [0, 0.05) is 12.6 Å². The molecule has 0 amide bonds. The van der Waals surface area contributed by atoms with Crippen molar-refractivity contribution in [2.75, 3.05) is 6.54 Å². The number of sulfonamides is 1. The highest BCUT2D eigenvalue weighted by Crippen LogP contribution is 2.32. The Morgan fingerprint density at radius 3 is 2.55 bits per heavy atom. The second-order valence-electron chi connectivity index (χ2n) is 5.92. The fourth-order valence-electron chi connectivity index (χ4n) is 3.18. The first-order chi connectivity index (χ1) is 10.5. The molecule has 3 nitrogen and oxygen atoms in total. The third-order valence-electron chi connectivity index (χ3n) is 4.50. The molecule has 1 heterocycles. The van der Waals surface area contributed by atoms with Crippen LogP contribution in [0.3, 0.4) is 0 Å². The van der Waals surface area contributed by atoms with Crippen molar-refractivity contribution in [2.45, 2.75) is 32.1 Å². The zero-order valence-corrected chi connectivity index (χ0v) is 13.8. The molecule has 4 heteroatoms. The lowest BCUT2D eigenvalue weighted by molar-refractivity contribution is 0.326. The highest BCUT2D eigenvalue weighted by atomic mass is 32.2. The third kappa shape index (κ3) is 2.81. The molecule has 2 aromatic rings. The average molecular weight is 315 g/mol. The number of nitrogens with zero attached hydrogens (tertiary/aromatic N) is 1. The predicted octanol–water partition coefficient (Wildman–Crippen LogP) is 3.44. The summed E-state index contributed by atoms with van der Waals surface area (Å²) >= 11 is 0. The molecule has 0 spiro atoms. The van der Waals surface area contributed by atoms with Crippen LogP contribution in [0.25, 0.3) is 0 Å². The quantitative estimate of drug-likeness (QED) is 0.870. The van der Waals surface area contributed by atoms with Gasteiger partial charge in [0.1, 0.15) is 0 Å². The molecule has 0 N–H and O–H groups in total. The SMILES string of the molecule is Cc1ccccc1CS(=O)(=O)N1CCc2ccccc2C1C. The van der Waals surface area contributed by atoms with E-state index in [4.69, 9.17) is 0 Å². The predicted molar refractivity (Wildman–Crippen MR) is 89.1 cm³/mol. The molecule has 3 rings (SSSR count). The van der Waals surface area contributed by atoms with Crippen LogP contribution < -0.4 is 0 Å². The van der Waals surface area contributed by atoms with Crippen LogP contribution in [0.2, 0.25) is 0 Å². The van der Waals surface area contributed by atoms with Gasteiger partial charge in [-0.15, -0.1) is 0 Å². The van der Waals surface area contributed by atoms with Crippen LogP contribution in [0.5, 0.6) is 0 Å². The lowest BCUT2D eigenvalue weighted by Gasteiger charge is -2.34. The van der Waals surface area contributed by atoms with Gasteiger partial charge >= 0.3 is 0 Å². The van der Waals surface area contributed by atoms with E-state index in [1.165, 1.54) is 5.56 Å². The monoisotopic (exact) mass is 315 g/mol. The summed E-state index contributed by atoms with van der Waals surface area (Å²) in [5, 5.41) is 0. The molecule has 0 fully saturated rings. The maximum Gasteiger partial charge on any atom is 0.218 e. The average Bonchev–Trinajstić information content (AvgIpc) is 2.50. The van der Waals surface area contributed by atoms with Gasteiger partial charge in [0.15, 0.2) is 0 Å². The molecule has 22 heavy (non-hydrogen) atoms. The van der Waals surface area contributed by atoms with Crippen LogP contribution in [0.1, 0.15) is 35.2 Å². The van der Waals surface area contributed by atoms with E-state index in [1.807, 2.05) is 56.3 Å². The van der Waals surface area contributed by atoms with Gasteiger partial charge in [0.25, 0.3) is 0 Å². The van der Waals surface area contributed by atoms with E-state index in [9.17, 15) is 8.42 Å². The highest BCUT2D eigenvalue weighted by molar-refractivity contribution is 7.88. The maximum atomic E-state index is 12.9. The van der Waals surface area contributed by atoms with Crippen LogP contribution in [-0.2, 0) is 22.2 Å². The second kappa shape index (κ2) is 5.86. The summed E-state index contributed by atoms with van der Waals surface area (Å²) in [4.78, 5) is 0. The standard InChI is InChI=1S/C18H21NO2S/c1-14-7-3-4-9-17(14)13-22(20,21)19-12-11-16-8-5-6-10-18(16)15(19)2/h3-10,15H,11-13H2,1-2H3. The van der Waals surface area contributed by atoms with Gasteiger partial charge in [0.2, 0.25) is 10.0 Å². The first kappa shape index (κ1) is 15.3. The summed E-state index contributed by atoms with van der Waals surface area (Å²) in [5.74, 6) is 0.0756. The Kier molecular flexibility index (Phi) is 4.06. The minimum Gasteiger partial charge on any atom is -0.212 e. The third-order valence-corrected chi connectivity index (χ3v) is 6.38. The summed E-state index contributed by atoms with van der Waals surface area (Å²) < 4.78 is 27.4. The maximum absolute atomic E-state index is 12.9. The van der Waals surface area contributed by atoms with Crippen LogP contribution in [0.4, 0.5) is 0 Å². The van der Waals surface area contributed by atoms with Gasteiger partial charge in [-0.05, 0) is 42.5 Å². The molecule has 1 aliphatic rings. The van der Waals surface area contributed by atoms with E-state index >= 15 is 0 Å². The summed E-state index contributed by atoms with van der Waals surface area (Å²) in [6.07, 6.45) is 0.785. The summed E-state index contributed by atoms with van der Waals surface area (Å²) in [6, 6.07) is 15.7. The molecule has 0 aromatic heterocycles. The van der Waals surface area contributed by atoms with Crippen LogP contribution >= 0.6 is 0 Å². The molecule has 1 atom stereocenters. The Hall–Kier alpha value is -1.65. The van der Waals surface area contributed by atoms with Gasteiger partial charge in [-0.1, -0.05) is 48.5 Å². The molecule has 0 saturated heterocycles. The Balaban J connectivity index is 1.89. The van der Waals surface area contributed by atoms with Crippen molar-refractivity contribution in [2.24, 2.45) is 0 Å². The number of aryl methyl sites for hydroxylation is 1. The van der Waals surface area contributed by atoms with Crippen molar-refractivity contribution >= 4 is 10.0 Å². The van der Waals surface area contributed by atoms with Crippen molar-refractivity contribution < 1.29 is 8.42 Å². The van der Waals surface area contributed by atoms with Gasteiger partial charge in [-0.25, -0.2) is 8.42 Å². The molecule has 1 unspecified atom stereocenters. The minimum absolute atomic E-state index is 0.0756. The van der Waals surface area contributed by atoms with Crippen LogP contribution in [0.15, 0.2) is 48.5 Å². The largest absolute Gasteiger partial charge is 0.218 e. The molecular formula is C18H21NO2S. The summed E-state index contributed by atoms with van der Waals surface area (Å²) in [5.41, 5.74) is 4.30. The van der Waals surface area contributed by atoms with Crippen LogP contribution in [0, 0.1) is 6.92 Å². The van der Waals surface area contributed by atoms with Gasteiger partial charge in [-0.3, -0.25) is 0 Å². The molecule has 116 valence electrons. The van der Waals surface area contributed by atoms with Crippen molar-refractivity contribution in [3.05, 3.63) is 70.8 Å². The Bertz CT molecular complexity index is 783. The molecule has 0 saturated carbocycles. The normalized spacial score (nSPS) is 18.9. The summed E-state index contributed by atoms with van der Waals surface area (Å²) in [7, 11) is -3.32. The first-order valence-electron chi connectivity index (χ1n) is 7.61. The zero-order valence-electron chi connectivity index (χ0n) is 13.0. The fourth-order valence-corrected chi connectivity index (χ4v) is 5.03. The second-order valence-corrected chi connectivity index (χ2v) is 7.84. The molecule has 0 aliphatic carbocycles. The van der Waals surface area contributed by atoms with Crippen molar-refractivity contribution in [3.63, 3.8) is 0 Å². The summed E-state index contributed by atoms with van der Waals surface area (Å²) in [6.45, 7) is 4.50. The Labute approximate surface area is 132 Å². The van der Waals surface area contributed by atoms with E-state index in [0.29, 0.717) is 6.54 Å². The molecule has 0 radical (unpaired) electrons. The van der Waals surface area contributed by atoms with Crippen LogP contribution in [-0.4, -0.2) is 19.3 Å². The number of fused-ring (bicyclic) bond motifs is 1. The number of rotatable bonds is 3. The number of benzene rings is 2. The van der Waals surface area contributed by atoms with Crippen molar-refractivity contribution in [1.82, 2.24) is 4.31 Å². The first-order valence-corrected chi connectivity index (χ1v) is 9.22. The highest BCUT2D eigenvalue weighted by Gasteiger charge is 2.32. The lowest BCUT2D eigenvalue weighted by Crippen LogP contribution is -2.39. The number of hydrogen-bond acceptors (Lipinski definition) is 2. The minimum atomic E-state index is -3.32. The molecule has 2 aromatic carbocycles. The van der Waals surface area contributed by atoms with Crippen molar-refractivity contribution in [3.8, 4) is 0 Å². The van der Waals surface area contributed by atoms with Gasteiger partial charge < -0.3 is 0 Å². The smallest absolute Gasteiger partial charge is 0.212 e. The van der Waals surface area contributed by atoms with E-state index in [-0.39, 0.29) is 11.8 Å². The molecule has 1 aliphatic heterocycles. The molecule has 0 bridgehead atoms. The Morgan fingerprint density at radius 2 is 1.77 bits per heavy atom. The number of hydrogen-bond donors (Lipinski definition) is 0. The lowest BCUT2D eigenvalue weighted by atomic mass is 9.96. The van der Waals surface area contributed by atoms with E-state index in [2.05, 4.69) is 6.07 Å². The topological polar surface area (TPSA) is 37.4 Å².